The Balaban J connectivity index is 1.32. The first-order chi connectivity index (χ1) is 24.1. The third-order valence-electron chi connectivity index (χ3n) is 9.51. The molecule has 0 radical (unpaired) electrons. The molecule has 9 rings (SSSR count). The summed E-state index contributed by atoms with van der Waals surface area (Å²) in [5.41, 5.74) is 11.3. The number of nitrogens with zero attached hydrogens (tertiary/aromatic N) is 3. The third-order valence-corrected chi connectivity index (χ3v) is 10.5. The fraction of sp³-hybridized carbons (Fsp3) is 0.0698. The smallest absolute Gasteiger partial charge is 0.271 e. The Hall–Kier alpha value is -5.85. The lowest BCUT2D eigenvalue weighted by Crippen LogP contribution is -2.38. The largest absolute Gasteiger partial charge is 0.309 e. The molecule has 7 aromatic rings. The van der Waals surface area contributed by atoms with Crippen LogP contribution in [0.1, 0.15) is 34.7 Å². The molecule has 4 nitrogen and oxygen atoms in total. The van der Waals surface area contributed by atoms with Crippen molar-refractivity contribution in [2.45, 2.75) is 18.9 Å². The Kier molecular flexibility index (Phi) is 7.17. The Morgan fingerprint density at radius 1 is 0.735 bits per heavy atom. The molecule has 236 valence electrons. The quantitative estimate of drug-likeness (QED) is 0.183. The second-order valence-corrected chi connectivity index (χ2v) is 13.4. The van der Waals surface area contributed by atoms with E-state index in [0.29, 0.717) is 9.33 Å². The van der Waals surface area contributed by atoms with E-state index in [1.165, 1.54) is 29.0 Å². The van der Waals surface area contributed by atoms with Gasteiger partial charge in [-0.3, -0.25) is 9.36 Å². The van der Waals surface area contributed by atoms with Gasteiger partial charge in [0.15, 0.2) is 4.80 Å². The summed E-state index contributed by atoms with van der Waals surface area (Å²) in [5.74, 6) is -0.301. The molecule has 0 N–H and O–H groups in total. The number of para-hydroxylation sites is 1. The maximum absolute atomic E-state index is 14.6. The van der Waals surface area contributed by atoms with Gasteiger partial charge in [-0.15, -0.1) is 0 Å². The molecule has 0 spiro atoms. The number of benzene rings is 5. The van der Waals surface area contributed by atoms with Crippen LogP contribution in [0.2, 0.25) is 0 Å². The van der Waals surface area contributed by atoms with Crippen molar-refractivity contribution in [1.29, 1.82) is 0 Å². The summed E-state index contributed by atoms with van der Waals surface area (Å²) in [5, 5.41) is 0. The van der Waals surface area contributed by atoms with Crippen LogP contribution < -0.4 is 14.9 Å². The molecule has 0 unspecified atom stereocenters. The molecule has 1 aliphatic heterocycles. The number of aromatic nitrogens is 2. The lowest BCUT2D eigenvalue weighted by molar-refractivity contribution is 0.581. The molecule has 6 heteroatoms. The summed E-state index contributed by atoms with van der Waals surface area (Å²) in [4.78, 5) is 20.5. The number of allylic oxidation sites excluding steroid dienone is 1. The van der Waals surface area contributed by atoms with Crippen LogP contribution in [0.5, 0.6) is 0 Å². The standard InChI is InChI=1S/C43H30FN3OS/c44-33-23-20-31(21-24-33)41-36-25-22-28-12-10-11-19-35(28)39(36)45-43-47(41)42(48)38(49-43)27-32-26-37(29-13-4-1-5-14-29)46(34-17-8-3-9-18-34)40(32)30-15-6-2-7-16-30/h1-21,23-24,26-27,41H,22,25H2/b38-27+/t41-/m1/s1. The lowest BCUT2D eigenvalue weighted by atomic mass is 9.83. The number of aryl methyl sites for hydroxylation is 1. The van der Waals surface area contributed by atoms with E-state index < -0.39 is 0 Å². The zero-order chi connectivity index (χ0) is 32.9. The molecular weight excluding hydrogens is 626 g/mol. The maximum atomic E-state index is 14.6. The number of rotatable bonds is 5. The van der Waals surface area contributed by atoms with Crippen LogP contribution in [0.25, 0.3) is 40.0 Å². The van der Waals surface area contributed by atoms with Gasteiger partial charge in [-0.2, -0.15) is 0 Å². The van der Waals surface area contributed by atoms with Crippen molar-refractivity contribution >= 4 is 23.1 Å². The topological polar surface area (TPSA) is 39.3 Å². The van der Waals surface area contributed by atoms with Gasteiger partial charge in [-0.05, 0) is 77.1 Å². The van der Waals surface area contributed by atoms with Crippen molar-refractivity contribution < 1.29 is 4.39 Å². The predicted octanol–water partition coefficient (Wildman–Crippen LogP) is 8.58. The van der Waals surface area contributed by atoms with E-state index in [2.05, 4.69) is 65.2 Å². The average molecular weight is 656 g/mol. The van der Waals surface area contributed by atoms with Gasteiger partial charge in [0, 0.05) is 16.8 Å². The Labute approximate surface area is 286 Å². The highest BCUT2D eigenvalue weighted by Crippen LogP contribution is 2.41. The Morgan fingerprint density at radius 2 is 1.39 bits per heavy atom. The molecule has 1 aliphatic carbocycles. The number of hydrogen-bond donors (Lipinski definition) is 0. The van der Waals surface area contributed by atoms with E-state index in [4.69, 9.17) is 4.99 Å². The van der Waals surface area contributed by atoms with Crippen LogP contribution in [0.4, 0.5) is 4.39 Å². The maximum Gasteiger partial charge on any atom is 0.271 e. The molecule has 2 aromatic heterocycles. The highest BCUT2D eigenvalue weighted by molar-refractivity contribution is 7.07. The van der Waals surface area contributed by atoms with E-state index in [1.807, 2.05) is 71.3 Å². The fourth-order valence-corrected chi connectivity index (χ4v) is 8.30. The van der Waals surface area contributed by atoms with E-state index in [0.717, 1.165) is 69.0 Å². The number of halogens is 1. The first-order valence-electron chi connectivity index (χ1n) is 16.4. The normalized spacial score (nSPS) is 15.4. The van der Waals surface area contributed by atoms with Crippen LogP contribution in [-0.4, -0.2) is 9.13 Å². The molecule has 0 saturated heterocycles. The van der Waals surface area contributed by atoms with Crippen molar-refractivity contribution in [2.75, 3.05) is 0 Å². The Morgan fingerprint density at radius 3 is 2.12 bits per heavy atom. The summed E-state index contributed by atoms with van der Waals surface area (Å²) in [6, 6.07) is 47.8. The van der Waals surface area contributed by atoms with Crippen LogP contribution >= 0.6 is 11.3 Å². The molecular formula is C43H30FN3OS. The van der Waals surface area contributed by atoms with Crippen LogP contribution in [0.3, 0.4) is 0 Å². The van der Waals surface area contributed by atoms with Gasteiger partial charge < -0.3 is 4.57 Å². The van der Waals surface area contributed by atoms with Gasteiger partial charge in [-0.25, -0.2) is 9.38 Å². The van der Waals surface area contributed by atoms with E-state index in [9.17, 15) is 9.18 Å². The first-order valence-corrected chi connectivity index (χ1v) is 17.3. The molecule has 2 aliphatic rings. The summed E-state index contributed by atoms with van der Waals surface area (Å²) in [6.07, 6.45) is 3.67. The highest BCUT2D eigenvalue weighted by atomic mass is 32.1. The third kappa shape index (κ3) is 5.04. The zero-order valence-electron chi connectivity index (χ0n) is 26.5. The monoisotopic (exact) mass is 655 g/mol. The second-order valence-electron chi connectivity index (χ2n) is 12.4. The molecule has 5 aromatic carbocycles. The predicted molar refractivity (Wildman–Crippen MR) is 196 cm³/mol. The minimum atomic E-state index is -0.371. The average Bonchev–Trinajstić information content (AvgIpc) is 3.69. The SMILES string of the molecule is O=c1/c(=C\c2cc(-c3ccccc3)n(-c3ccccc3)c2-c2ccccc2)sc2n1[C@H](c1ccc(F)cc1)C1=C(N=2)c2ccccc2CC1. The molecule has 0 bridgehead atoms. The summed E-state index contributed by atoms with van der Waals surface area (Å²) in [6.45, 7) is 0. The van der Waals surface area contributed by atoms with Gasteiger partial charge in [0.1, 0.15) is 5.82 Å². The van der Waals surface area contributed by atoms with Gasteiger partial charge in [-0.1, -0.05) is 127 Å². The Bertz CT molecular complexity index is 2560. The van der Waals surface area contributed by atoms with E-state index in [-0.39, 0.29) is 17.4 Å². The van der Waals surface area contributed by atoms with Crippen molar-refractivity contribution in [1.82, 2.24) is 9.13 Å². The van der Waals surface area contributed by atoms with Crippen molar-refractivity contribution in [3.8, 4) is 28.2 Å². The van der Waals surface area contributed by atoms with E-state index >= 15 is 0 Å². The highest BCUT2D eigenvalue weighted by Gasteiger charge is 2.32. The van der Waals surface area contributed by atoms with Crippen molar-refractivity contribution in [2.24, 2.45) is 4.99 Å². The lowest BCUT2D eigenvalue weighted by Gasteiger charge is -2.30. The first kappa shape index (κ1) is 29.3. The second kappa shape index (κ2) is 12.0. The van der Waals surface area contributed by atoms with E-state index in [1.54, 1.807) is 12.1 Å². The van der Waals surface area contributed by atoms with Crippen LogP contribution in [-0.2, 0) is 6.42 Å². The minimum absolute atomic E-state index is 0.101. The molecule has 0 fully saturated rings. The van der Waals surface area contributed by atoms with Crippen LogP contribution in [0.15, 0.2) is 161 Å². The van der Waals surface area contributed by atoms with Gasteiger partial charge in [0.25, 0.3) is 5.56 Å². The number of thiazole rings is 1. The molecule has 3 heterocycles. The molecule has 1 atom stereocenters. The van der Waals surface area contributed by atoms with Crippen molar-refractivity contribution in [3.05, 3.63) is 199 Å². The molecule has 0 saturated carbocycles. The number of hydrogen-bond acceptors (Lipinski definition) is 3. The summed E-state index contributed by atoms with van der Waals surface area (Å²) in [7, 11) is 0. The van der Waals surface area contributed by atoms with Gasteiger partial charge >= 0.3 is 0 Å². The number of fused-ring (bicyclic) bond motifs is 3. The zero-order valence-corrected chi connectivity index (χ0v) is 27.3. The molecule has 0 amide bonds. The fourth-order valence-electron chi connectivity index (χ4n) is 7.31. The van der Waals surface area contributed by atoms with Gasteiger partial charge in [0.05, 0.1) is 27.7 Å². The van der Waals surface area contributed by atoms with Crippen LogP contribution in [0, 0.1) is 5.82 Å². The molecule has 49 heavy (non-hydrogen) atoms. The van der Waals surface area contributed by atoms with Crippen molar-refractivity contribution in [3.63, 3.8) is 0 Å². The summed E-state index contributed by atoms with van der Waals surface area (Å²) >= 11 is 1.41. The van der Waals surface area contributed by atoms with Gasteiger partial charge in [0.2, 0.25) is 0 Å². The minimum Gasteiger partial charge on any atom is -0.309 e. The summed E-state index contributed by atoms with van der Waals surface area (Å²) < 4.78 is 18.9.